The number of halogens is 1. The van der Waals surface area contributed by atoms with Gasteiger partial charge in [0.25, 0.3) is 5.91 Å². The van der Waals surface area contributed by atoms with Crippen LogP contribution in [0.1, 0.15) is 24.8 Å². The van der Waals surface area contributed by atoms with E-state index in [1.807, 2.05) is 42.9 Å². The van der Waals surface area contributed by atoms with Crippen molar-refractivity contribution in [1.82, 2.24) is 14.4 Å². The number of hydrogen-bond acceptors (Lipinski definition) is 4. The van der Waals surface area contributed by atoms with E-state index in [2.05, 4.69) is 0 Å². The van der Waals surface area contributed by atoms with Crippen molar-refractivity contribution in [2.75, 3.05) is 19.7 Å². The molecule has 0 spiro atoms. The third-order valence-corrected chi connectivity index (χ3v) is 5.28. The molecule has 3 aromatic rings. The molecule has 32 heavy (non-hydrogen) atoms. The van der Waals surface area contributed by atoms with Gasteiger partial charge >= 0.3 is 0 Å². The first-order valence-corrected chi connectivity index (χ1v) is 10.9. The Morgan fingerprint density at radius 2 is 1.81 bits per heavy atom. The van der Waals surface area contributed by atoms with Gasteiger partial charge in [-0.05, 0) is 55.0 Å². The van der Waals surface area contributed by atoms with Crippen LogP contribution in [0.3, 0.4) is 0 Å². The largest absolute Gasteiger partial charge is 0.484 e. The Bertz CT molecular complexity index is 999. The lowest BCUT2D eigenvalue weighted by Gasteiger charge is -2.27. The molecule has 1 aromatic carbocycles. The van der Waals surface area contributed by atoms with E-state index in [1.54, 1.807) is 46.4 Å². The number of carbonyl (C=O) groups excluding carboxylic acids is 2. The zero-order valence-electron chi connectivity index (χ0n) is 18.4. The van der Waals surface area contributed by atoms with E-state index in [4.69, 9.17) is 20.8 Å². The number of benzene rings is 1. The highest BCUT2D eigenvalue weighted by Gasteiger charge is 2.23. The molecule has 0 saturated heterocycles. The Morgan fingerprint density at radius 3 is 2.44 bits per heavy atom. The maximum absolute atomic E-state index is 13.2. The minimum Gasteiger partial charge on any atom is -0.484 e. The molecule has 170 valence electrons. The Hall–Kier alpha value is -3.19. The number of amides is 2. The zero-order chi connectivity index (χ0) is 22.9. The Morgan fingerprint density at radius 1 is 1.03 bits per heavy atom. The SMILES string of the molecule is CCCN(CC(=O)N(Cc1ccco1)Cc1cccn1C)C(=O)COc1ccc(Cl)cc1. The van der Waals surface area contributed by atoms with E-state index in [-0.39, 0.29) is 25.0 Å². The van der Waals surface area contributed by atoms with Crippen LogP contribution in [0, 0.1) is 0 Å². The summed E-state index contributed by atoms with van der Waals surface area (Å²) in [5.74, 6) is 0.837. The van der Waals surface area contributed by atoms with Crippen molar-refractivity contribution in [3.63, 3.8) is 0 Å². The summed E-state index contributed by atoms with van der Waals surface area (Å²) >= 11 is 5.88. The highest BCUT2D eigenvalue weighted by Crippen LogP contribution is 2.16. The summed E-state index contributed by atoms with van der Waals surface area (Å²) in [6, 6.07) is 14.3. The predicted molar refractivity (Wildman–Crippen MR) is 122 cm³/mol. The fraction of sp³-hybridized carbons (Fsp3) is 0.333. The van der Waals surface area contributed by atoms with Crippen LogP contribution < -0.4 is 4.74 Å². The van der Waals surface area contributed by atoms with E-state index < -0.39 is 0 Å². The minimum absolute atomic E-state index is 0.0260. The first-order valence-electron chi connectivity index (χ1n) is 10.5. The second-order valence-corrected chi connectivity index (χ2v) is 7.93. The molecule has 0 aliphatic rings. The molecule has 0 bridgehead atoms. The Kier molecular flexibility index (Phi) is 8.39. The maximum Gasteiger partial charge on any atom is 0.260 e. The molecule has 0 aliphatic heterocycles. The highest BCUT2D eigenvalue weighted by atomic mass is 35.5. The van der Waals surface area contributed by atoms with Gasteiger partial charge in [-0.3, -0.25) is 9.59 Å². The van der Waals surface area contributed by atoms with Gasteiger partial charge in [0.05, 0.1) is 25.9 Å². The number of carbonyl (C=O) groups is 2. The van der Waals surface area contributed by atoms with Crippen LogP contribution in [0.25, 0.3) is 0 Å². The number of aromatic nitrogens is 1. The first-order chi connectivity index (χ1) is 15.5. The van der Waals surface area contributed by atoms with Crippen molar-refractivity contribution in [3.05, 3.63) is 77.5 Å². The molecule has 0 aliphatic carbocycles. The zero-order valence-corrected chi connectivity index (χ0v) is 19.1. The number of nitrogens with zero attached hydrogens (tertiary/aromatic N) is 3. The number of hydrogen-bond donors (Lipinski definition) is 0. The van der Waals surface area contributed by atoms with Gasteiger partial charge in [-0.15, -0.1) is 0 Å². The fourth-order valence-corrected chi connectivity index (χ4v) is 3.40. The lowest BCUT2D eigenvalue weighted by molar-refractivity contribution is -0.142. The van der Waals surface area contributed by atoms with Gasteiger partial charge in [-0.1, -0.05) is 18.5 Å². The number of furan rings is 1. The lowest BCUT2D eigenvalue weighted by atomic mass is 10.3. The Balaban J connectivity index is 1.66. The van der Waals surface area contributed by atoms with Crippen molar-refractivity contribution in [2.45, 2.75) is 26.4 Å². The van der Waals surface area contributed by atoms with Crippen LogP contribution in [-0.4, -0.2) is 45.9 Å². The van der Waals surface area contributed by atoms with Gasteiger partial charge in [-0.25, -0.2) is 0 Å². The summed E-state index contributed by atoms with van der Waals surface area (Å²) in [4.78, 5) is 29.3. The molecule has 0 radical (unpaired) electrons. The summed E-state index contributed by atoms with van der Waals surface area (Å²) in [6.07, 6.45) is 4.25. The topological polar surface area (TPSA) is 67.9 Å². The van der Waals surface area contributed by atoms with E-state index >= 15 is 0 Å². The van der Waals surface area contributed by atoms with Crippen LogP contribution in [0.2, 0.25) is 5.02 Å². The van der Waals surface area contributed by atoms with E-state index in [0.717, 1.165) is 12.1 Å². The molecule has 0 N–H and O–H groups in total. The van der Waals surface area contributed by atoms with Crippen LogP contribution in [-0.2, 0) is 29.7 Å². The third kappa shape index (κ3) is 6.65. The monoisotopic (exact) mass is 457 g/mol. The molecule has 0 unspecified atom stereocenters. The van der Waals surface area contributed by atoms with Gasteiger partial charge in [0, 0.05) is 30.5 Å². The molecule has 0 saturated carbocycles. The molecular formula is C24H28ClN3O4. The third-order valence-electron chi connectivity index (χ3n) is 5.03. The molecule has 2 amide bonds. The summed E-state index contributed by atoms with van der Waals surface area (Å²) in [5.41, 5.74) is 0.990. The van der Waals surface area contributed by atoms with Crippen molar-refractivity contribution < 1.29 is 18.7 Å². The van der Waals surface area contributed by atoms with Gasteiger partial charge in [0.15, 0.2) is 6.61 Å². The van der Waals surface area contributed by atoms with Crippen molar-refractivity contribution >= 4 is 23.4 Å². The molecular weight excluding hydrogens is 430 g/mol. The van der Waals surface area contributed by atoms with Crippen LogP contribution in [0.15, 0.2) is 65.4 Å². The standard InChI is InChI=1S/C24H28ClN3O4/c1-3-12-27(24(30)18-32-21-10-8-19(25)9-11-21)17-23(29)28(16-22-7-5-14-31-22)15-20-6-4-13-26(20)2/h4-11,13-14H,3,12,15-18H2,1-2H3. The van der Waals surface area contributed by atoms with Crippen molar-refractivity contribution in [3.8, 4) is 5.75 Å². The summed E-state index contributed by atoms with van der Waals surface area (Å²) < 4.78 is 13.0. The average Bonchev–Trinajstić information content (AvgIpc) is 3.44. The van der Waals surface area contributed by atoms with Crippen molar-refractivity contribution in [1.29, 1.82) is 0 Å². The second-order valence-electron chi connectivity index (χ2n) is 7.50. The molecule has 0 atom stereocenters. The van der Waals surface area contributed by atoms with Crippen LogP contribution in [0.4, 0.5) is 0 Å². The van der Waals surface area contributed by atoms with Crippen molar-refractivity contribution in [2.24, 2.45) is 7.05 Å². The smallest absolute Gasteiger partial charge is 0.260 e. The normalized spacial score (nSPS) is 10.7. The lowest BCUT2D eigenvalue weighted by Crippen LogP contribution is -2.44. The summed E-state index contributed by atoms with van der Waals surface area (Å²) in [5, 5.41) is 0.594. The fourth-order valence-electron chi connectivity index (χ4n) is 3.27. The number of ether oxygens (including phenoxy) is 1. The molecule has 3 rings (SSSR count). The number of aryl methyl sites for hydroxylation is 1. The van der Waals surface area contributed by atoms with Gasteiger partial charge in [0.1, 0.15) is 11.5 Å². The van der Waals surface area contributed by atoms with Gasteiger partial charge in [0.2, 0.25) is 5.91 Å². The van der Waals surface area contributed by atoms with E-state index in [9.17, 15) is 9.59 Å². The predicted octanol–water partition coefficient (Wildman–Crippen LogP) is 4.12. The summed E-state index contributed by atoms with van der Waals surface area (Å²) in [7, 11) is 1.94. The average molecular weight is 458 g/mol. The molecule has 0 fully saturated rings. The highest BCUT2D eigenvalue weighted by molar-refractivity contribution is 6.30. The van der Waals surface area contributed by atoms with Crippen LogP contribution >= 0.6 is 11.6 Å². The van der Waals surface area contributed by atoms with Crippen LogP contribution in [0.5, 0.6) is 5.75 Å². The van der Waals surface area contributed by atoms with Gasteiger partial charge < -0.3 is 23.5 Å². The minimum atomic E-state index is -0.244. The van der Waals surface area contributed by atoms with E-state index in [1.165, 1.54) is 0 Å². The maximum atomic E-state index is 13.2. The molecule has 2 aromatic heterocycles. The molecule has 8 heteroatoms. The quantitative estimate of drug-likeness (QED) is 0.434. The summed E-state index contributed by atoms with van der Waals surface area (Å²) in [6.45, 7) is 3.00. The first kappa shape index (κ1) is 23.5. The molecule has 7 nitrogen and oxygen atoms in total. The second kappa shape index (κ2) is 11.4. The number of rotatable bonds is 11. The Labute approximate surface area is 193 Å². The van der Waals surface area contributed by atoms with Gasteiger partial charge in [-0.2, -0.15) is 0 Å². The molecule has 2 heterocycles. The van der Waals surface area contributed by atoms with E-state index in [0.29, 0.717) is 36.2 Å².